The van der Waals surface area contributed by atoms with Crippen molar-refractivity contribution < 1.29 is 19.0 Å². The van der Waals surface area contributed by atoms with Crippen LogP contribution in [-0.2, 0) is 19.0 Å². The second-order valence-electron chi connectivity index (χ2n) is 6.09. The van der Waals surface area contributed by atoms with Crippen LogP contribution in [0.1, 0.15) is 54.4 Å². The monoisotopic (exact) mass is 244 g/mol. The molecule has 1 rings (SSSR count). The first-order valence-corrected chi connectivity index (χ1v) is 6.15. The largest absolute Gasteiger partial charge is 0.460 e. The Balaban J connectivity index is 2.49. The summed E-state index contributed by atoms with van der Waals surface area (Å²) in [5, 5.41) is 0. The van der Waals surface area contributed by atoms with Crippen molar-refractivity contribution in [2.75, 3.05) is 0 Å². The molecule has 1 saturated heterocycles. The van der Waals surface area contributed by atoms with Gasteiger partial charge in [0, 0.05) is 6.42 Å². The number of ether oxygens (including phenoxy) is 3. The number of rotatable bonds is 2. The summed E-state index contributed by atoms with van der Waals surface area (Å²) in [6.07, 6.45) is 0.992. The SMILES string of the molecule is CC1CC(CC(=O)OC(C)(C)C)OC(C)(C)O1. The van der Waals surface area contributed by atoms with Crippen molar-refractivity contribution in [1.82, 2.24) is 0 Å². The molecule has 17 heavy (non-hydrogen) atoms. The molecule has 0 N–H and O–H groups in total. The van der Waals surface area contributed by atoms with Crippen molar-refractivity contribution in [3.05, 3.63) is 0 Å². The lowest BCUT2D eigenvalue weighted by Crippen LogP contribution is -2.44. The summed E-state index contributed by atoms with van der Waals surface area (Å²) in [4.78, 5) is 11.7. The van der Waals surface area contributed by atoms with Gasteiger partial charge in [-0.1, -0.05) is 0 Å². The Kier molecular flexibility index (Phi) is 4.20. The normalized spacial score (nSPS) is 28.8. The van der Waals surface area contributed by atoms with Gasteiger partial charge in [-0.15, -0.1) is 0 Å². The molecule has 1 heterocycles. The molecule has 1 aliphatic rings. The summed E-state index contributed by atoms with van der Waals surface area (Å²) < 4.78 is 16.6. The van der Waals surface area contributed by atoms with Gasteiger partial charge in [-0.2, -0.15) is 0 Å². The second kappa shape index (κ2) is 4.94. The zero-order chi connectivity index (χ0) is 13.3. The minimum atomic E-state index is -0.621. The average Bonchev–Trinajstić information content (AvgIpc) is 1.93. The maximum absolute atomic E-state index is 11.7. The highest BCUT2D eigenvalue weighted by atomic mass is 16.7. The van der Waals surface area contributed by atoms with Gasteiger partial charge in [-0.05, 0) is 41.5 Å². The molecule has 4 nitrogen and oxygen atoms in total. The first-order chi connectivity index (χ1) is 7.57. The van der Waals surface area contributed by atoms with Crippen LogP contribution in [0.15, 0.2) is 0 Å². The molecule has 0 saturated carbocycles. The fraction of sp³-hybridized carbons (Fsp3) is 0.923. The summed E-state index contributed by atoms with van der Waals surface area (Å²) in [5.41, 5.74) is -0.441. The van der Waals surface area contributed by atoms with Crippen LogP contribution >= 0.6 is 0 Å². The molecule has 2 atom stereocenters. The molecule has 4 heteroatoms. The zero-order valence-electron chi connectivity index (χ0n) is 11.7. The van der Waals surface area contributed by atoms with E-state index < -0.39 is 11.4 Å². The highest BCUT2D eigenvalue weighted by molar-refractivity contribution is 5.70. The topological polar surface area (TPSA) is 44.8 Å². The van der Waals surface area contributed by atoms with Crippen LogP contribution in [0, 0.1) is 0 Å². The van der Waals surface area contributed by atoms with E-state index in [0.717, 1.165) is 6.42 Å². The minimum absolute atomic E-state index is 0.103. The van der Waals surface area contributed by atoms with E-state index in [1.54, 1.807) is 0 Å². The molecule has 1 aliphatic heterocycles. The van der Waals surface area contributed by atoms with Crippen LogP contribution in [0.25, 0.3) is 0 Å². The van der Waals surface area contributed by atoms with Crippen LogP contribution in [0.2, 0.25) is 0 Å². The quantitative estimate of drug-likeness (QED) is 0.700. The Morgan fingerprint density at radius 3 is 2.41 bits per heavy atom. The fourth-order valence-corrected chi connectivity index (χ4v) is 2.07. The van der Waals surface area contributed by atoms with Gasteiger partial charge < -0.3 is 14.2 Å². The number of carbonyl (C=O) groups excluding carboxylic acids is 1. The Labute approximate surface area is 104 Å². The summed E-state index contributed by atoms with van der Waals surface area (Å²) in [5.74, 6) is -0.836. The van der Waals surface area contributed by atoms with E-state index in [4.69, 9.17) is 14.2 Å². The number of hydrogen-bond acceptors (Lipinski definition) is 4. The average molecular weight is 244 g/mol. The fourth-order valence-electron chi connectivity index (χ4n) is 2.07. The predicted octanol–water partition coefficient (Wildman–Crippen LogP) is 2.65. The Morgan fingerprint density at radius 2 is 1.94 bits per heavy atom. The molecule has 0 aromatic rings. The molecule has 0 radical (unpaired) electrons. The van der Waals surface area contributed by atoms with E-state index in [1.807, 2.05) is 41.5 Å². The van der Waals surface area contributed by atoms with Gasteiger partial charge in [-0.3, -0.25) is 4.79 Å². The van der Waals surface area contributed by atoms with Gasteiger partial charge in [-0.25, -0.2) is 0 Å². The molecule has 0 aromatic heterocycles. The van der Waals surface area contributed by atoms with Gasteiger partial charge in [0.25, 0.3) is 0 Å². The smallest absolute Gasteiger partial charge is 0.308 e. The second-order valence-corrected chi connectivity index (χ2v) is 6.09. The summed E-state index contributed by atoms with van der Waals surface area (Å²) >= 11 is 0. The van der Waals surface area contributed by atoms with Crippen molar-refractivity contribution >= 4 is 5.97 Å². The maximum Gasteiger partial charge on any atom is 0.308 e. The van der Waals surface area contributed by atoms with Gasteiger partial charge >= 0.3 is 5.97 Å². The lowest BCUT2D eigenvalue weighted by Gasteiger charge is -2.39. The third kappa shape index (κ3) is 5.50. The molecule has 0 aliphatic carbocycles. The molecule has 0 bridgehead atoms. The molecule has 2 unspecified atom stereocenters. The standard InChI is InChI=1S/C13H24O4/c1-9-7-10(16-13(5,6)15-9)8-11(14)17-12(2,3)4/h9-10H,7-8H2,1-6H3. The van der Waals surface area contributed by atoms with Crippen molar-refractivity contribution in [1.29, 1.82) is 0 Å². The first kappa shape index (κ1) is 14.5. The van der Waals surface area contributed by atoms with E-state index in [1.165, 1.54) is 0 Å². The van der Waals surface area contributed by atoms with E-state index in [0.29, 0.717) is 0 Å². The third-order valence-electron chi connectivity index (χ3n) is 2.34. The van der Waals surface area contributed by atoms with Gasteiger partial charge in [0.1, 0.15) is 5.60 Å². The highest BCUT2D eigenvalue weighted by Crippen LogP contribution is 2.28. The Hall–Kier alpha value is -0.610. The van der Waals surface area contributed by atoms with Crippen molar-refractivity contribution in [3.8, 4) is 0 Å². The molecular weight excluding hydrogens is 220 g/mol. The van der Waals surface area contributed by atoms with Gasteiger partial charge in [0.15, 0.2) is 5.79 Å². The summed E-state index contributed by atoms with van der Waals surface area (Å²) in [6, 6.07) is 0. The summed E-state index contributed by atoms with van der Waals surface area (Å²) in [6.45, 7) is 11.3. The predicted molar refractivity (Wildman–Crippen MR) is 64.6 cm³/mol. The molecule has 1 fully saturated rings. The van der Waals surface area contributed by atoms with Crippen molar-refractivity contribution in [2.45, 2.75) is 78.0 Å². The maximum atomic E-state index is 11.7. The minimum Gasteiger partial charge on any atom is -0.460 e. The van der Waals surface area contributed by atoms with Crippen LogP contribution in [-0.4, -0.2) is 29.6 Å². The molecule has 100 valence electrons. The zero-order valence-corrected chi connectivity index (χ0v) is 11.7. The lowest BCUT2D eigenvalue weighted by molar-refractivity contribution is -0.296. The lowest BCUT2D eigenvalue weighted by atomic mass is 10.1. The van der Waals surface area contributed by atoms with Gasteiger partial charge in [0.2, 0.25) is 0 Å². The third-order valence-corrected chi connectivity index (χ3v) is 2.34. The molecule has 0 amide bonds. The van der Waals surface area contributed by atoms with Crippen LogP contribution < -0.4 is 0 Å². The number of hydrogen-bond donors (Lipinski definition) is 0. The van der Waals surface area contributed by atoms with E-state index in [9.17, 15) is 4.79 Å². The number of esters is 1. The van der Waals surface area contributed by atoms with Crippen molar-refractivity contribution in [2.24, 2.45) is 0 Å². The van der Waals surface area contributed by atoms with E-state index >= 15 is 0 Å². The van der Waals surface area contributed by atoms with Gasteiger partial charge in [0.05, 0.1) is 18.6 Å². The highest BCUT2D eigenvalue weighted by Gasteiger charge is 2.35. The Morgan fingerprint density at radius 1 is 1.35 bits per heavy atom. The van der Waals surface area contributed by atoms with Crippen LogP contribution in [0.5, 0.6) is 0 Å². The van der Waals surface area contributed by atoms with Crippen molar-refractivity contribution in [3.63, 3.8) is 0 Å². The van der Waals surface area contributed by atoms with E-state index in [2.05, 4.69) is 0 Å². The molecule has 0 aromatic carbocycles. The van der Waals surface area contributed by atoms with Crippen LogP contribution in [0.3, 0.4) is 0 Å². The molecule has 0 spiro atoms. The van der Waals surface area contributed by atoms with E-state index in [-0.39, 0.29) is 24.6 Å². The first-order valence-electron chi connectivity index (χ1n) is 6.15. The number of carbonyl (C=O) groups is 1. The molecular formula is C13H24O4. The summed E-state index contributed by atoms with van der Waals surface area (Å²) in [7, 11) is 0. The van der Waals surface area contributed by atoms with Crippen LogP contribution in [0.4, 0.5) is 0 Å². The Bertz CT molecular complexity index is 278.